The number of aromatic amines is 1. The van der Waals surface area contributed by atoms with Crippen LogP contribution in [0.3, 0.4) is 0 Å². The minimum absolute atomic E-state index is 0.0144. The van der Waals surface area contributed by atoms with Crippen LogP contribution in [0.1, 0.15) is 13.8 Å². The molecule has 0 saturated heterocycles. The molecule has 0 bridgehead atoms. The number of carbonyl (C=O) groups excluding carboxylic acids is 1. The minimum atomic E-state index is -0.584. The summed E-state index contributed by atoms with van der Waals surface area (Å²) in [6.07, 6.45) is 2.93. The summed E-state index contributed by atoms with van der Waals surface area (Å²) >= 11 is 0. The molecule has 1 atom stereocenters. The smallest absolute Gasteiger partial charge is 0.274 e. The molecule has 1 aromatic carbocycles. The van der Waals surface area contributed by atoms with Gasteiger partial charge in [-0.05, 0) is 18.1 Å². The van der Waals surface area contributed by atoms with E-state index < -0.39 is 6.10 Å². The van der Waals surface area contributed by atoms with Crippen LogP contribution >= 0.6 is 0 Å². The van der Waals surface area contributed by atoms with Crippen molar-refractivity contribution in [2.75, 3.05) is 12.4 Å². The molecule has 0 aliphatic carbocycles. The number of ether oxygens (including phenoxy) is 2. The van der Waals surface area contributed by atoms with E-state index in [0.717, 1.165) is 16.5 Å². The molecule has 0 fully saturated rings. The van der Waals surface area contributed by atoms with Gasteiger partial charge in [-0.1, -0.05) is 13.8 Å². The zero-order valence-corrected chi connectivity index (χ0v) is 15.6. The molecule has 3 aromatic rings. The Balaban J connectivity index is 2.01. The second kappa shape index (κ2) is 6.19. The first-order chi connectivity index (χ1) is 12.9. The fourth-order valence-electron chi connectivity index (χ4n) is 3.45. The molecule has 0 radical (unpaired) electrons. The second-order valence-electron chi connectivity index (χ2n) is 7.05. The average molecular weight is 367 g/mol. The Bertz CT molecular complexity index is 1110. The van der Waals surface area contributed by atoms with Gasteiger partial charge in [0.25, 0.3) is 11.5 Å². The molecule has 140 valence electrons. The van der Waals surface area contributed by atoms with E-state index in [0.29, 0.717) is 22.7 Å². The predicted octanol–water partition coefficient (Wildman–Crippen LogP) is 2.90. The van der Waals surface area contributed by atoms with Crippen molar-refractivity contribution in [2.45, 2.75) is 20.0 Å². The minimum Gasteiger partial charge on any atom is -0.497 e. The first-order valence-corrected chi connectivity index (χ1v) is 8.77. The number of nitrogens with zero attached hydrogens (tertiary/aromatic N) is 1. The molecule has 1 aliphatic heterocycles. The van der Waals surface area contributed by atoms with E-state index in [1.54, 1.807) is 32.6 Å². The Kier molecular flexibility index (Phi) is 3.95. The van der Waals surface area contributed by atoms with Gasteiger partial charge in [0, 0.05) is 42.0 Å². The molecule has 0 spiro atoms. The maximum atomic E-state index is 12.4. The lowest BCUT2D eigenvalue weighted by Crippen LogP contribution is -2.40. The summed E-state index contributed by atoms with van der Waals surface area (Å²) in [5, 5.41) is 3.71. The van der Waals surface area contributed by atoms with E-state index in [-0.39, 0.29) is 17.4 Å². The van der Waals surface area contributed by atoms with Crippen LogP contribution in [0.5, 0.6) is 11.5 Å². The summed E-state index contributed by atoms with van der Waals surface area (Å²) in [5.74, 6) is 1.01. The molecule has 27 heavy (non-hydrogen) atoms. The van der Waals surface area contributed by atoms with Crippen LogP contribution in [0, 0.1) is 5.92 Å². The molecule has 2 aromatic heterocycles. The quantitative estimate of drug-likeness (QED) is 0.745. The Hall–Kier alpha value is -3.22. The maximum absolute atomic E-state index is 12.4. The van der Waals surface area contributed by atoms with Crippen LogP contribution in [0.4, 0.5) is 5.69 Å². The zero-order chi connectivity index (χ0) is 19.3. The van der Waals surface area contributed by atoms with Gasteiger partial charge in [-0.2, -0.15) is 0 Å². The van der Waals surface area contributed by atoms with Crippen LogP contribution in [0.15, 0.2) is 35.4 Å². The first-order valence-electron chi connectivity index (χ1n) is 8.77. The van der Waals surface area contributed by atoms with Crippen molar-refractivity contribution >= 4 is 22.5 Å². The highest BCUT2D eigenvalue weighted by molar-refractivity contribution is 6.03. The van der Waals surface area contributed by atoms with E-state index in [1.807, 2.05) is 26.0 Å². The highest BCUT2D eigenvalue weighted by atomic mass is 16.5. The van der Waals surface area contributed by atoms with Crippen molar-refractivity contribution in [3.05, 3.63) is 40.9 Å². The van der Waals surface area contributed by atoms with Crippen LogP contribution < -0.4 is 20.3 Å². The van der Waals surface area contributed by atoms with Crippen LogP contribution in [-0.4, -0.2) is 28.7 Å². The third-order valence-electron chi connectivity index (χ3n) is 4.85. The van der Waals surface area contributed by atoms with Crippen molar-refractivity contribution in [3.8, 4) is 22.6 Å². The highest BCUT2D eigenvalue weighted by Crippen LogP contribution is 2.44. The predicted molar refractivity (Wildman–Crippen MR) is 103 cm³/mol. The van der Waals surface area contributed by atoms with Crippen LogP contribution in [-0.2, 0) is 11.8 Å². The van der Waals surface area contributed by atoms with Crippen molar-refractivity contribution in [2.24, 2.45) is 13.0 Å². The van der Waals surface area contributed by atoms with Gasteiger partial charge >= 0.3 is 0 Å². The van der Waals surface area contributed by atoms with Crippen molar-refractivity contribution in [1.29, 1.82) is 0 Å². The molecule has 1 aliphatic rings. The number of aryl methyl sites for hydroxylation is 1. The summed E-state index contributed by atoms with van der Waals surface area (Å²) in [6.45, 7) is 3.88. The number of H-pyrrole nitrogens is 1. The number of nitrogens with one attached hydrogen (secondary N) is 2. The van der Waals surface area contributed by atoms with E-state index >= 15 is 0 Å². The Labute approximate surface area is 155 Å². The molecule has 3 heterocycles. The molecule has 7 heteroatoms. The molecule has 2 N–H and O–H groups in total. The number of pyridine rings is 1. The molecule has 1 amide bonds. The van der Waals surface area contributed by atoms with Gasteiger partial charge in [-0.15, -0.1) is 0 Å². The van der Waals surface area contributed by atoms with Crippen LogP contribution in [0.25, 0.3) is 22.0 Å². The van der Waals surface area contributed by atoms with Crippen LogP contribution in [0.2, 0.25) is 0 Å². The number of hydrogen-bond donors (Lipinski definition) is 2. The Morgan fingerprint density at radius 2 is 2.00 bits per heavy atom. The second-order valence-corrected chi connectivity index (χ2v) is 7.05. The van der Waals surface area contributed by atoms with Gasteiger partial charge < -0.3 is 24.3 Å². The van der Waals surface area contributed by atoms with Gasteiger partial charge in [0.1, 0.15) is 11.3 Å². The number of amides is 1. The number of methoxy groups -OCH3 is 1. The molecule has 0 saturated carbocycles. The molecular formula is C20H21N3O4. The van der Waals surface area contributed by atoms with Gasteiger partial charge in [-0.3, -0.25) is 9.59 Å². The average Bonchev–Trinajstić information content (AvgIpc) is 3.13. The lowest BCUT2D eigenvalue weighted by atomic mass is 9.98. The number of hydrogen-bond acceptors (Lipinski definition) is 4. The molecule has 0 unspecified atom stereocenters. The monoisotopic (exact) mass is 367 g/mol. The fraction of sp³-hybridized carbons (Fsp3) is 0.300. The number of anilines is 1. The Morgan fingerprint density at radius 3 is 2.70 bits per heavy atom. The number of benzene rings is 1. The third kappa shape index (κ3) is 2.66. The standard InChI is InChI=1S/C20H21N3O4/c1-10(2)17-19(24)22-15-8-11(26-4)7-13(18(15)27-17)14-9-23(3)20(25)16-12(14)5-6-21-16/h5-10,17,21H,1-4H3,(H,22,24)/t17-/m1/s1. The highest BCUT2D eigenvalue weighted by Gasteiger charge is 2.33. The van der Waals surface area contributed by atoms with E-state index in [1.165, 1.54) is 4.57 Å². The number of aromatic nitrogens is 2. The van der Waals surface area contributed by atoms with Gasteiger partial charge in [0.05, 0.1) is 12.8 Å². The zero-order valence-electron chi connectivity index (χ0n) is 15.6. The largest absolute Gasteiger partial charge is 0.497 e. The van der Waals surface area contributed by atoms with Gasteiger partial charge in [-0.25, -0.2) is 0 Å². The van der Waals surface area contributed by atoms with E-state index in [2.05, 4.69) is 10.3 Å². The number of rotatable bonds is 3. The van der Waals surface area contributed by atoms with E-state index in [9.17, 15) is 9.59 Å². The Morgan fingerprint density at radius 1 is 1.22 bits per heavy atom. The molecule has 4 rings (SSSR count). The van der Waals surface area contributed by atoms with Crippen molar-refractivity contribution < 1.29 is 14.3 Å². The van der Waals surface area contributed by atoms with E-state index in [4.69, 9.17) is 9.47 Å². The molecule has 7 nitrogen and oxygen atoms in total. The summed E-state index contributed by atoms with van der Waals surface area (Å²) in [4.78, 5) is 27.8. The number of fused-ring (bicyclic) bond motifs is 2. The third-order valence-corrected chi connectivity index (χ3v) is 4.85. The maximum Gasteiger partial charge on any atom is 0.274 e. The molecular weight excluding hydrogens is 346 g/mol. The first kappa shape index (κ1) is 17.2. The lowest BCUT2D eigenvalue weighted by Gasteiger charge is -2.30. The van der Waals surface area contributed by atoms with Gasteiger partial charge in [0.15, 0.2) is 11.9 Å². The van der Waals surface area contributed by atoms with Gasteiger partial charge in [0.2, 0.25) is 0 Å². The topological polar surface area (TPSA) is 85.3 Å². The normalized spacial score (nSPS) is 16.2. The summed E-state index contributed by atoms with van der Waals surface area (Å²) in [7, 11) is 3.28. The summed E-state index contributed by atoms with van der Waals surface area (Å²) < 4.78 is 13.1. The lowest BCUT2D eigenvalue weighted by molar-refractivity contribution is -0.125. The SMILES string of the molecule is COc1cc2c(c(-c3cn(C)c(=O)c4[nH]ccc34)c1)O[C@H](C(C)C)C(=O)N2. The van der Waals surface area contributed by atoms with Crippen molar-refractivity contribution in [1.82, 2.24) is 9.55 Å². The number of carbonyl (C=O) groups is 1. The summed E-state index contributed by atoms with van der Waals surface area (Å²) in [5.41, 5.74) is 2.55. The summed E-state index contributed by atoms with van der Waals surface area (Å²) in [6, 6.07) is 5.46. The fourth-order valence-corrected chi connectivity index (χ4v) is 3.45. The van der Waals surface area contributed by atoms with Crippen molar-refractivity contribution in [3.63, 3.8) is 0 Å².